The van der Waals surface area contributed by atoms with Crippen LogP contribution >= 0.6 is 0 Å². The van der Waals surface area contributed by atoms with E-state index < -0.39 is 15.3 Å². The Bertz CT molecular complexity index is 1330. The topological polar surface area (TPSA) is 92.3 Å². The third kappa shape index (κ3) is 6.57. The Hall–Kier alpha value is -3.45. The summed E-state index contributed by atoms with van der Waals surface area (Å²) in [5.74, 6) is -0.435. The van der Waals surface area contributed by atoms with Crippen LogP contribution in [-0.4, -0.2) is 25.6 Å². The van der Waals surface area contributed by atoms with Crippen LogP contribution in [0, 0.1) is 5.41 Å². The van der Waals surface area contributed by atoms with Gasteiger partial charge in [0.1, 0.15) is 0 Å². The van der Waals surface area contributed by atoms with Crippen molar-refractivity contribution in [2.45, 2.75) is 56.9 Å². The van der Waals surface area contributed by atoms with Crippen LogP contribution in [0.25, 0.3) is 0 Å². The molecule has 0 radical (unpaired) electrons. The highest BCUT2D eigenvalue weighted by molar-refractivity contribution is 7.91. The number of nitrogens with one attached hydrogen (secondary N) is 2. The molecule has 0 spiro atoms. The third-order valence-electron chi connectivity index (χ3n) is 5.17. The van der Waals surface area contributed by atoms with Gasteiger partial charge in [-0.25, -0.2) is 8.42 Å². The van der Waals surface area contributed by atoms with Gasteiger partial charge < -0.3 is 10.6 Å². The first-order valence-corrected chi connectivity index (χ1v) is 12.8. The summed E-state index contributed by atoms with van der Waals surface area (Å²) in [4.78, 5) is 25.6. The van der Waals surface area contributed by atoms with Crippen molar-refractivity contribution in [2.24, 2.45) is 5.41 Å². The molecule has 6 nitrogen and oxygen atoms in total. The highest BCUT2D eigenvalue weighted by Gasteiger charge is 2.23. The molecule has 0 atom stereocenters. The van der Waals surface area contributed by atoms with Crippen LogP contribution in [0.2, 0.25) is 0 Å². The Morgan fingerprint density at radius 2 is 1.17 bits per heavy atom. The number of sulfone groups is 1. The van der Waals surface area contributed by atoms with E-state index in [1.165, 1.54) is 12.1 Å². The van der Waals surface area contributed by atoms with Crippen molar-refractivity contribution in [2.75, 3.05) is 10.6 Å². The van der Waals surface area contributed by atoms with E-state index in [9.17, 15) is 18.0 Å². The highest BCUT2D eigenvalue weighted by atomic mass is 32.2. The standard InChI is InChI=1S/C28H32N2O4S/c1-27(2,3)25(31)19-8-7-9-20(18-19)26(32)29-21-10-14-23(15-11-21)35(33,34)24-16-12-22(13-17-24)30-28(4,5)6/h7-18,30H,1-6H3,(H,29,32). The Labute approximate surface area is 207 Å². The summed E-state index contributed by atoms with van der Waals surface area (Å²) in [5.41, 5.74) is 1.41. The van der Waals surface area contributed by atoms with Crippen molar-refractivity contribution in [3.8, 4) is 0 Å². The largest absolute Gasteiger partial charge is 0.380 e. The predicted molar refractivity (Wildman–Crippen MR) is 140 cm³/mol. The van der Waals surface area contributed by atoms with Crippen LogP contribution < -0.4 is 10.6 Å². The fourth-order valence-corrected chi connectivity index (χ4v) is 4.70. The van der Waals surface area contributed by atoms with E-state index in [1.54, 1.807) is 60.7 Å². The van der Waals surface area contributed by atoms with Gasteiger partial charge in [-0.3, -0.25) is 9.59 Å². The Kier molecular flexibility index (Phi) is 7.22. The van der Waals surface area contributed by atoms with Gasteiger partial charge in [0.15, 0.2) is 5.78 Å². The number of Topliss-reactive ketones (excluding diaryl/α,β-unsaturated/α-hetero) is 1. The maximum absolute atomic E-state index is 13.0. The van der Waals surface area contributed by atoms with Crippen molar-refractivity contribution >= 4 is 32.9 Å². The molecule has 3 aromatic carbocycles. The molecule has 35 heavy (non-hydrogen) atoms. The predicted octanol–water partition coefficient (Wildman–Crippen LogP) is 6.21. The zero-order valence-corrected chi connectivity index (χ0v) is 21.8. The van der Waals surface area contributed by atoms with Crippen molar-refractivity contribution < 1.29 is 18.0 Å². The zero-order chi connectivity index (χ0) is 26.0. The van der Waals surface area contributed by atoms with Gasteiger partial charge in [0, 0.05) is 33.5 Å². The summed E-state index contributed by atoms with van der Waals surface area (Å²) < 4.78 is 26.1. The molecule has 3 rings (SSSR count). The van der Waals surface area contributed by atoms with Gasteiger partial charge in [-0.05, 0) is 81.4 Å². The minimum absolute atomic E-state index is 0.0519. The molecule has 0 fully saturated rings. The van der Waals surface area contributed by atoms with Crippen LogP contribution in [-0.2, 0) is 9.84 Å². The summed E-state index contributed by atoms with van der Waals surface area (Å²) in [6.07, 6.45) is 0. The number of carbonyl (C=O) groups excluding carboxylic acids is 2. The molecule has 1 amide bonds. The number of rotatable bonds is 6. The number of amides is 1. The number of hydrogen-bond donors (Lipinski definition) is 2. The van der Waals surface area contributed by atoms with Crippen molar-refractivity contribution in [1.82, 2.24) is 0 Å². The molecule has 0 aliphatic rings. The summed E-state index contributed by atoms with van der Waals surface area (Å²) in [7, 11) is -3.70. The second-order valence-corrected chi connectivity index (χ2v) is 12.5. The molecule has 0 saturated heterocycles. The summed E-state index contributed by atoms with van der Waals surface area (Å²) in [6.45, 7) is 11.6. The number of carbonyl (C=O) groups is 2. The highest BCUT2D eigenvalue weighted by Crippen LogP contribution is 2.25. The molecule has 0 aliphatic carbocycles. The van der Waals surface area contributed by atoms with Crippen LogP contribution in [0.3, 0.4) is 0 Å². The van der Waals surface area contributed by atoms with E-state index in [0.29, 0.717) is 16.8 Å². The molecule has 7 heteroatoms. The van der Waals surface area contributed by atoms with Gasteiger partial charge >= 0.3 is 0 Å². The van der Waals surface area contributed by atoms with E-state index in [-0.39, 0.29) is 27.0 Å². The molecular formula is C28H32N2O4S. The van der Waals surface area contributed by atoms with Gasteiger partial charge in [0.2, 0.25) is 9.84 Å². The van der Waals surface area contributed by atoms with Crippen molar-refractivity contribution in [1.29, 1.82) is 0 Å². The third-order valence-corrected chi connectivity index (χ3v) is 6.96. The number of benzene rings is 3. The fraction of sp³-hybridized carbons (Fsp3) is 0.286. The first-order valence-electron chi connectivity index (χ1n) is 11.4. The number of hydrogen-bond acceptors (Lipinski definition) is 5. The van der Waals surface area contributed by atoms with Crippen molar-refractivity contribution in [3.63, 3.8) is 0 Å². The second-order valence-electron chi connectivity index (χ2n) is 10.5. The van der Waals surface area contributed by atoms with Crippen LogP contribution in [0.5, 0.6) is 0 Å². The molecule has 0 bridgehead atoms. The van der Waals surface area contributed by atoms with Gasteiger partial charge in [-0.2, -0.15) is 0 Å². The van der Waals surface area contributed by atoms with Crippen LogP contribution in [0.15, 0.2) is 82.6 Å². The molecule has 0 heterocycles. The molecule has 2 N–H and O–H groups in total. The lowest BCUT2D eigenvalue weighted by Crippen LogP contribution is -2.25. The Balaban J connectivity index is 1.74. The molecule has 0 aliphatic heterocycles. The smallest absolute Gasteiger partial charge is 0.255 e. The zero-order valence-electron chi connectivity index (χ0n) is 21.0. The van der Waals surface area contributed by atoms with E-state index in [1.807, 2.05) is 41.5 Å². The Morgan fingerprint density at radius 1 is 0.686 bits per heavy atom. The SMILES string of the molecule is CC(C)(C)Nc1ccc(S(=O)(=O)c2ccc(NC(=O)c3cccc(C(=O)C(C)(C)C)c3)cc2)cc1. The summed E-state index contributed by atoms with van der Waals surface area (Å²) >= 11 is 0. The molecule has 0 unspecified atom stereocenters. The number of anilines is 2. The average molecular weight is 493 g/mol. The molecule has 0 saturated carbocycles. The fourth-order valence-electron chi connectivity index (χ4n) is 3.44. The summed E-state index contributed by atoms with van der Waals surface area (Å²) in [6, 6.07) is 19.2. The maximum atomic E-state index is 13.0. The van der Waals surface area contributed by atoms with Crippen molar-refractivity contribution in [3.05, 3.63) is 83.9 Å². The maximum Gasteiger partial charge on any atom is 0.255 e. The summed E-state index contributed by atoms with van der Waals surface area (Å²) in [5, 5.41) is 6.06. The van der Waals surface area contributed by atoms with E-state index in [2.05, 4.69) is 10.6 Å². The number of ketones is 1. The van der Waals surface area contributed by atoms with Crippen LogP contribution in [0.1, 0.15) is 62.3 Å². The van der Waals surface area contributed by atoms with E-state index in [0.717, 1.165) is 5.69 Å². The minimum atomic E-state index is -3.70. The van der Waals surface area contributed by atoms with Crippen LogP contribution in [0.4, 0.5) is 11.4 Å². The minimum Gasteiger partial charge on any atom is -0.380 e. The van der Waals surface area contributed by atoms with Gasteiger partial charge in [0.05, 0.1) is 9.79 Å². The molecular weight excluding hydrogens is 460 g/mol. The molecule has 0 aromatic heterocycles. The van der Waals surface area contributed by atoms with E-state index in [4.69, 9.17) is 0 Å². The average Bonchev–Trinajstić information content (AvgIpc) is 2.77. The normalized spacial score (nSPS) is 12.2. The first kappa shape index (κ1) is 26.2. The first-order chi connectivity index (χ1) is 16.2. The monoisotopic (exact) mass is 492 g/mol. The lowest BCUT2D eigenvalue weighted by molar-refractivity contribution is 0.0858. The lowest BCUT2D eigenvalue weighted by Gasteiger charge is -2.22. The lowest BCUT2D eigenvalue weighted by atomic mass is 9.86. The quantitative estimate of drug-likeness (QED) is 0.399. The second kappa shape index (κ2) is 9.66. The molecule has 184 valence electrons. The van der Waals surface area contributed by atoms with Gasteiger partial charge in [-0.1, -0.05) is 32.9 Å². The van der Waals surface area contributed by atoms with Gasteiger partial charge in [-0.15, -0.1) is 0 Å². The van der Waals surface area contributed by atoms with Gasteiger partial charge in [0.25, 0.3) is 5.91 Å². The molecule has 3 aromatic rings. The van der Waals surface area contributed by atoms with E-state index >= 15 is 0 Å². The Morgan fingerprint density at radius 3 is 1.66 bits per heavy atom.